The van der Waals surface area contributed by atoms with Crippen LogP contribution in [0.15, 0.2) is 54.7 Å². The summed E-state index contributed by atoms with van der Waals surface area (Å²) in [5.41, 5.74) is 4.66. The van der Waals surface area contributed by atoms with E-state index in [-0.39, 0.29) is 28.9 Å². The molecule has 6 nitrogen and oxygen atoms in total. The number of H-pyrrole nitrogens is 1. The fourth-order valence-electron chi connectivity index (χ4n) is 5.07. The molecule has 2 heterocycles. The van der Waals surface area contributed by atoms with Gasteiger partial charge in [0.1, 0.15) is 11.6 Å². The molecule has 36 heavy (non-hydrogen) atoms. The van der Waals surface area contributed by atoms with E-state index in [0.717, 1.165) is 15.8 Å². The first-order valence-electron chi connectivity index (χ1n) is 11.4. The summed E-state index contributed by atoms with van der Waals surface area (Å²) in [6.45, 7) is 5.17. The van der Waals surface area contributed by atoms with Gasteiger partial charge in [-0.05, 0) is 56.7 Å². The lowest BCUT2D eigenvalue weighted by Gasteiger charge is -2.52. The van der Waals surface area contributed by atoms with Crippen molar-refractivity contribution >= 4 is 39.9 Å². The highest BCUT2D eigenvalue weighted by Gasteiger charge is 2.54. The number of urea groups is 1. The van der Waals surface area contributed by atoms with Crippen LogP contribution in [-0.4, -0.2) is 27.4 Å². The van der Waals surface area contributed by atoms with E-state index < -0.39 is 28.9 Å². The SMILES string of the molecule is Cc1c[nH]c2c(-c3c(F)cc4c(c3F)CC(O)(N(C(N)=O)c3ccc(Cl)cc3)C(C)(C)N4)cccc12. The molecule has 5 N–H and O–H groups in total. The molecule has 0 bridgehead atoms. The lowest BCUT2D eigenvalue weighted by molar-refractivity contribution is -0.0120. The summed E-state index contributed by atoms with van der Waals surface area (Å²) in [7, 11) is 0. The smallest absolute Gasteiger partial charge is 0.321 e. The number of hydrogen-bond donors (Lipinski definition) is 4. The van der Waals surface area contributed by atoms with E-state index >= 15 is 8.78 Å². The number of hydrogen-bond acceptors (Lipinski definition) is 3. The lowest BCUT2D eigenvalue weighted by atomic mass is 9.78. The topological polar surface area (TPSA) is 94.4 Å². The average Bonchev–Trinajstić information content (AvgIpc) is 3.18. The highest BCUT2D eigenvalue weighted by molar-refractivity contribution is 6.30. The van der Waals surface area contributed by atoms with Gasteiger partial charge in [-0.1, -0.05) is 29.8 Å². The molecule has 1 aliphatic heterocycles. The number of carbonyl (C=O) groups is 1. The summed E-state index contributed by atoms with van der Waals surface area (Å²) >= 11 is 6.00. The van der Waals surface area contributed by atoms with Gasteiger partial charge in [0.15, 0.2) is 5.72 Å². The number of aromatic amines is 1. The number of primary amides is 1. The number of nitrogens with one attached hydrogen (secondary N) is 2. The number of rotatable bonds is 3. The third-order valence-electron chi connectivity index (χ3n) is 7.06. The van der Waals surface area contributed by atoms with Gasteiger partial charge >= 0.3 is 6.03 Å². The summed E-state index contributed by atoms with van der Waals surface area (Å²) in [5.74, 6) is -1.57. The molecule has 1 unspecified atom stereocenters. The van der Waals surface area contributed by atoms with Gasteiger partial charge in [0.2, 0.25) is 0 Å². The predicted molar refractivity (Wildman–Crippen MR) is 138 cm³/mol. The van der Waals surface area contributed by atoms with Crippen LogP contribution in [0.25, 0.3) is 22.0 Å². The molecular weight excluding hydrogens is 486 g/mol. The molecule has 9 heteroatoms. The van der Waals surface area contributed by atoms with Crippen LogP contribution < -0.4 is 16.0 Å². The van der Waals surface area contributed by atoms with E-state index in [1.54, 1.807) is 44.3 Å². The molecule has 2 amide bonds. The van der Waals surface area contributed by atoms with Crippen molar-refractivity contribution in [3.05, 3.63) is 82.5 Å². The largest absolute Gasteiger partial charge is 0.375 e. The predicted octanol–water partition coefficient (Wildman–Crippen LogP) is 6.10. The number of benzene rings is 3. The van der Waals surface area contributed by atoms with Gasteiger partial charge in [0.25, 0.3) is 0 Å². The number of aryl methyl sites for hydroxylation is 1. The van der Waals surface area contributed by atoms with Crippen LogP contribution in [0.1, 0.15) is 25.0 Å². The van der Waals surface area contributed by atoms with Gasteiger partial charge in [-0.15, -0.1) is 0 Å². The molecule has 0 saturated carbocycles. The normalized spacial score (nSPS) is 18.5. The molecule has 0 spiro atoms. The summed E-state index contributed by atoms with van der Waals surface area (Å²) in [5, 5.41) is 16.3. The standard InChI is InChI=1S/C27H25ClF2N4O2/c1-14-13-32-24-17(14)5-4-6-18(24)22-20(29)11-21-19(23(22)30)12-27(36,26(2,3)33-21)34(25(31)35)16-9-7-15(28)8-10-16/h4-11,13,32-33,36H,12H2,1-3H3,(H2,31,35). The molecule has 1 aromatic heterocycles. The summed E-state index contributed by atoms with van der Waals surface area (Å²) < 4.78 is 31.6. The van der Waals surface area contributed by atoms with Crippen LogP contribution in [0.2, 0.25) is 5.02 Å². The highest BCUT2D eigenvalue weighted by Crippen LogP contribution is 2.46. The van der Waals surface area contributed by atoms with E-state index in [1.807, 2.05) is 13.0 Å². The maximum atomic E-state index is 16.2. The Hall–Kier alpha value is -3.62. The van der Waals surface area contributed by atoms with Crippen LogP contribution in [0.3, 0.4) is 0 Å². The first-order chi connectivity index (χ1) is 16.9. The number of nitrogens with zero attached hydrogens (tertiary/aromatic N) is 1. The zero-order chi connectivity index (χ0) is 26.0. The number of aromatic nitrogens is 1. The Kier molecular flexibility index (Phi) is 5.50. The Morgan fingerprint density at radius 1 is 1.17 bits per heavy atom. The number of carbonyl (C=O) groups excluding carboxylic acids is 1. The monoisotopic (exact) mass is 510 g/mol. The van der Waals surface area contributed by atoms with Gasteiger partial charge in [0, 0.05) is 45.5 Å². The Morgan fingerprint density at radius 2 is 1.86 bits per heavy atom. The molecular formula is C27H25ClF2N4O2. The van der Waals surface area contributed by atoms with Crippen molar-refractivity contribution in [3.63, 3.8) is 0 Å². The van der Waals surface area contributed by atoms with Crippen molar-refractivity contribution in [2.24, 2.45) is 5.73 Å². The molecule has 4 aromatic rings. The maximum Gasteiger partial charge on any atom is 0.321 e. The molecule has 1 atom stereocenters. The maximum absolute atomic E-state index is 16.2. The fraction of sp³-hybridized carbons (Fsp3) is 0.222. The minimum atomic E-state index is -2.01. The lowest BCUT2D eigenvalue weighted by Crippen LogP contribution is -2.70. The summed E-state index contributed by atoms with van der Waals surface area (Å²) in [6, 6.07) is 11.7. The first kappa shape index (κ1) is 24.1. The second-order valence-electron chi connectivity index (χ2n) is 9.67. The van der Waals surface area contributed by atoms with Crippen LogP contribution in [-0.2, 0) is 6.42 Å². The molecule has 0 saturated heterocycles. The number of para-hydroxylation sites is 1. The second kappa shape index (κ2) is 8.21. The molecule has 0 aliphatic carbocycles. The van der Waals surface area contributed by atoms with E-state index in [1.165, 1.54) is 18.2 Å². The van der Waals surface area contributed by atoms with Crippen LogP contribution in [0, 0.1) is 18.6 Å². The minimum Gasteiger partial charge on any atom is -0.375 e. The minimum absolute atomic E-state index is 0.0359. The molecule has 5 rings (SSSR count). The van der Waals surface area contributed by atoms with Gasteiger partial charge in [-0.2, -0.15) is 0 Å². The van der Waals surface area contributed by atoms with Crippen molar-refractivity contribution in [1.82, 2.24) is 4.98 Å². The van der Waals surface area contributed by atoms with Crippen LogP contribution >= 0.6 is 11.6 Å². The summed E-state index contributed by atoms with van der Waals surface area (Å²) in [4.78, 5) is 16.7. The number of halogens is 3. The summed E-state index contributed by atoms with van der Waals surface area (Å²) in [6.07, 6.45) is 1.44. The molecule has 186 valence electrons. The van der Waals surface area contributed by atoms with Gasteiger partial charge in [0.05, 0.1) is 16.6 Å². The van der Waals surface area contributed by atoms with E-state index in [2.05, 4.69) is 10.3 Å². The third kappa shape index (κ3) is 3.51. The van der Waals surface area contributed by atoms with Crippen molar-refractivity contribution in [2.45, 2.75) is 38.5 Å². The van der Waals surface area contributed by atoms with E-state index in [0.29, 0.717) is 16.1 Å². The van der Waals surface area contributed by atoms with Gasteiger partial charge < -0.3 is 21.1 Å². The molecule has 0 radical (unpaired) electrons. The number of fused-ring (bicyclic) bond motifs is 2. The number of nitrogens with two attached hydrogens (primary N) is 1. The Bertz CT molecular complexity index is 1520. The average molecular weight is 511 g/mol. The number of amides is 2. The zero-order valence-corrected chi connectivity index (χ0v) is 20.7. The van der Waals surface area contributed by atoms with Gasteiger partial charge in [-0.25, -0.2) is 13.6 Å². The quantitative estimate of drug-likeness (QED) is 0.251. The highest BCUT2D eigenvalue weighted by atomic mass is 35.5. The van der Waals surface area contributed by atoms with Crippen molar-refractivity contribution < 1.29 is 18.7 Å². The molecule has 1 aliphatic rings. The number of anilines is 2. The van der Waals surface area contributed by atoms with Crippen molar-refractivity contribution in [3.8, 4) is 11.1 Å². The second-order valence-corrected chi connectivity index (χ2v) is 10.1. The molecule has 0 fully saturated rings. The van der Waals surface area contributed by atoms with Crippen LogP contribution in [0.4, 0.5) is 25.0 Å². The van der Waals surface area contributed by atoms with Crippen molar-refractivity contribution in [1.29, 1.82) is 0 Å². The Morgan fingerprint density at radius 3 is 2.53 bits per heavy atom. The van der Waals surface area contributed by atoms with Crippen LogP contribution in [0.5, 0.6) is 0 Å². The zero-order valence-electron chi connectivity index (χ0n) is 19.9. The third-order valence-corrected chi connectivity index (χ3v) is 7.31. The Balaban J connectivity index is 1.70. The first-order valence-corrected chi connectivity index (χ1v) is 11.8. The molecule has 3 aromatic carbocycles. The number of aliphatic hydroxyl groups is 1. The van der Waals surface area contributed by atoms with Gasteiger partial charge in [-0.3, -0.25) is 4.90 Å². The fourth-order valence-corrected chi connectivity index (χ4v) is 5.20. The van der Waals surface area contributed by atoms with E-state index in [4.69, 9.17) is 17.3 Å². The Labute approximate surface area is 211 Å². The van der Waals surface area contributed by atoms with E-state index in [9.17, 15) is 9.90 Å². The van der Waals surface area contributed by atoms with Crippen molar-refractivity contribution in [2.75, 3.05) is 10.2 Å².